The molecule has 1 aliphatic carbocycles. The molecule has 136 valence electrons. The molecule has 6 heteroatoms. The van der Waals surface area contributed by atoms with Gasteiger partial charge >= 0.3 is 0 Å². The normalized spacial score (nSPS) is 20.7. The maximum atomic E-state index is 5.22. The number of rotatable bonds is 8. The Morgan fingerprint density at radius 1 is 1.35 bits per heavy atom. The summed E-state index contributed by atoms with van der Waals surface area (Å²) in [7, 11) is 1.78. The van der Waals surface area contributed by atoms with Gasteiger partial charge in [0.2, 0.25) is 0 Å². The Balaban J connectivity index is 0.00000264. The van der Waals surface area contributed by atoms with Crippen molar-refractivity contribution in [3.05, 3.63) is 0 Å². The molecule has 0 spiro atoms. The SMILES string of the molecule is CCNC(=NCCN(CCOC)C1CC1)N1CCC(C)(C)C1.I. The molecule has 0 atom stereocenters. The third kappa shape index (κ3) is 7.13. The molecule has 0 aromatic carbocycles. The number of hydrogen-bond donors (Lipinski definition) is 1. The fourth-order valence-corrected chi connectivity index (χ4v) is 3.13. The summed E-state index contributed by atoms with van der Waals surface area (Å²) in [6.45, 7) is 13.8. The summed E-state index contributed by atoms with van der Waals surface area (Å²) in [5, 5.41) is 3.46. The van der Waals surface area contributed by atoms with Crippen LogP contribution in [-0.2, 0) is 4.74 Å². The third-order valence-corrected chi connectivity index (χ3v) is 4.61. The predicted octanol–water partition coefficient (Wildman–Crippen LogP) is 2.41. The number of guanidine groups is 1. The molecule has 0 unspecified atom stereocenters. The van der Waals surface area contributed by atoms with Gasteiger partial charge in [-0.15, -0.1) is 24.0 Å². The van der Waals surface area contributed by atoms with Gasteiger partial charge in [-0.05, 0) is 31.6 Å². The van der Waals surface area contributed by atoms with E-state index >= 15 is 0 Å². The number of hydrogen-bond acceptors (Lipinski definition) is 3. The van der Waals surface area contributed by atoms with Gasteiger partial charge in [-0.1, -0.05) is 13.8 Å². The van der Waals surface area contributed by atoms with Crippen molar-refractivity contribution >= 4 is 29.9 Å². The molecule has 0 aromatic rings. The molecule has 0 bridgehead atoms. The second-order valence-corrected chi connectivity index (χ2v) is 7.33. The summed E-state index contributed by atoms with van der Waals surface area (Å²) in [6.07, 6.45) is 3.93. The van der Waals surface area contributed by atoms with Gasteiger partial charge in [0.25, 0.3) is 0 Å². The molecule has 2 aliphatic rings. The van der Waals surface area contributed by atoms with E-state index in [1.54, 1.807) is 7.11 Å². The van der Waals surface area contributed by atoms with Gasteiger partial charge in [0.1, 0.15) is 0 Å². The highest BCUT2D eigenvalue weighted by molar-refractivity contribution is 14.0. The van der Waals surface area contributed by atoms with E-state index in [0.717, 1.165) is 57.9 Å². The first kappa shape index (κ1) is 21.0. The van der Waals surface area contributed by atoms with Crippen LogP contribution in [0.25, 0.3) is 0 Å². The Labute approximate surface area is 159 Å². The third-order valence-electron chi connectivity index (χ3n) is 4.61. The predicted molar refractivity (Wildman–Crippen MR) is 108 cm³/mol. The molecule has 0 aromatic heterocycles. The van der Waals surface area contributed by atoms with Gasteiger partial charge in [0.05, 0.1) is 13.2 Å². The number of ether oxygens (including phenoxy) is 1. The quantitative estimate of drug-likeness (QED) is 0.359. The monoisotopic (exact) mass is 438 g/mol. The van der Waals surface area contributed by atoms with Crippen molar-refractivity contribution in [2.24, 2.45) is 10.4 Å². The minimum Gasteiger partial charge on any atom is -0.383 e. The van der Waals surface area contributed by atoms with Gasteiger partial charge in [0.15, 0.2) is 5.96 Å². The average Bonchev–Trinajstić information content (AvgIpc) is 3.25. The maximum absolute atomic E-state index is 5.22. The zero-order valence-corrected chi connectivity index (χ0v) is 17.6. The highest BCUT2D eigenvalue weighted by Gasteiger charge is 2.31. The molecule has 1 heterocycles. The topological polar surface area (TPSA) is 40.1 Å². The summed E-state index contributed by atoms with van der Waals surface area (Å²) in [5.41, 5.74) is 0.411. The maximum Gasteiger partial charge on any atom is 0.193 e. The standard InChI is InChI=1S/C17H34N4O.HI/c1-5-18-16(21-10-8-17(2,3)14-21)19-9-11-20(12-13-22-4)15-6-7-15;/h15H,5-14H2,1-4H3,(H,18,19);1H. The van der Waals surface area contributed by atoms with E-state index < -0.39 is 0 Å². The van der Waals surface area contributed by atoms with Gasteiger partial charge in [-0.3, -0.25) is 9.89 Å². The lowest BCUT2D eigenvalue weighted by Crippen LogP contribution is -2.41. The van der Waals surface area contributed by atoms with E-state index in [1.165, 1.54) is 19.3 Å². The Bertz CT molecular complexity index is 372. The molecular formula is C17H35IN4O. The van der Waals surface area contributed by atoms with Crippen molar-refractivity contribution in [1.82, 2.24) is 15.1 Å². The molecule has 0 radical (unpaired) electrons. The Hall–Kier alpha value is -0.0800. The zero-order chi connectivity index (χ0) is 16.0. The summed E-state index contributed by atoms with van der Waals surface area (Å²) >= 11 is 0. The number of nitrogens with zero attached hydrogens (tertiary/aromatic N) is 3. The first-order valence-corrected chi connectivity index (χ1v) is 8.82. The summed E-state index contributed by atoms with van der Waals surface area (Å²) in [4.78, 5) is 9.82. The molecule has 1 N–H and O–H groups in total. The van der Waals surface area contributed by atoms with Crippen molar-refractivity contribution in [2.45, 2.75) is 46.1 Å². The van der Waals surface area contributed by atoms with Crippen LogP contribution >= 0.6 is 24.0 Å². The molecule has 23 heavy (non-hydrogen) atoms. The Kier molecular flexibility index (Phi) is 9.15. The number of methoxy groups -OCH3 is 1. The average molecular weight is 438 g/mol. The van der Waals surface area contributed by atoms with Gasteiger partial charge in [-0.25, -0.2) is 0 Å². The summed E-state index contributed by atoms with van der Waals surface area (Å²) < 4.78 is 5.22. The van der Waals surface area contributed by atoms with E-state index in [4.69, 9.17) is 9.73 Å². The smallest absolute Gasteiger partial charge is 0.193 e. The van der Waals surface area contributed by atoms with Crippen LogP contribution < -0.4 is 5.32 Å². The van der Waals surface area contributed by atoms with Gasteiger partial charge in [0, 0.05) is 45.9 Å². The highest BCUT2D eigenvalue weighted by Crippen LogP contribution is 2.29. The molecule has 1 saturated heterocycles. The molecule has 1 saturated carbocycles. The zero-order valence-electron chi connectivity index (χ0n) is 15.3. The van der Waals surface area contributed by atoms with Crippen molar-refractivity contribution in [3.63, 3.8) is 0 Å². The van der Waals surface area contributed by atoms with Crippen molar-refractivity contribution in [2.75, 3.05) is 53.0 Å². The van der Waals surface area contributed by atoms with Gasteiger partial charge < -0.3 is 15.0 Å². The van der Waals surface area contributed by atoms with Crippen LogP contribution in [0.3, 0.4) is 0 Å². The summed E-state index contributed by atoms with van der Waals surface area (Å²) in [6, 6.07) is 0.777. The van der Waals surface area contributed by atoms with E-state index in [0.29, 0.717) is 5.41 Å². The van der Waals surface area contributed by atoms with Crippen LogP contribution in [0.5, 0.6) is 0 Å². The molecule has 5 nitrogen and oxygen atoms in total. The van der Waals surface area contributed by atoms with Crippen LogP contribution in [0.2, 0.25) is 0 Å². The molecule has 2 rings (SSSR count). The van der Waals surface area contributed by atoms with Crippen LogP contribution in [0, 0.1) is 5.41 Å². The van der Waals surface area contributed by atoms with Crippen LogP contribution in [0.1, 0.15) is 40.0 Å². The molecule has 0 amide bonds. The first-order chi connectivity index (χ1) is 10.6. The van der Waals surface area contributed by atoms with Crippen molar-refractivity contribution < 1.29 is 4.74 Å². The number of halogens is 1. The van der Waals surface area contributed by atoms with Gasteiger partial charge in [-0.2, -0.15) is 0 Å². The largest absolute Gasteiger partial charge is 0.383 e. The summed E-state index contributed by atoms with van der Waals surface area (Å²) in [5.74, 6) is 1.09. The van der Waals surface area contributed by atoms with E-state index in [-0.39, 0.29) is 24.0 Å². The minimum absolute atomic E-state index is 0. The fourth-order valence-electron chi connectivity index (χ4n) is 3.13. The Morgan fingerprint density at radius 2 is 2.09 bits per heavy atom. The minimum atomic E-state index is 0. The number of likely N-dealkylation sites (tertiary alicyclic amines) is 1. The second-order valence-electron chi connectivity index (χ2n) is 7.33. The molecule has 2 fully saturated rings. The lowest BCUT2D eigenvalue weighted by atomic mass is 9.93. The van der Waals surface area contributed by atoms with Crippen molar-refractivity contribution in [3.8, 4) is 0 Å². The molecule has 1 aliphatic heterocycles. The first-order valence-electron chi connectivity index (χ1n) is 8.82. The van der Waals surface area contributed by atoms with E-state index in [1.807, 2.05) is 0 Å². The van der Waals surface area contributed by atoms with Crippen molar-refractivity contribution in [1.29, 1.82) is 0 Å². The number of aliphatic imine (C=N–C) groups is 1. The van der Waals surface area contributed by atoms with Crippen LogP contribution in [0.4, 0.5) is 0 Å². The highest BCUT2D eigenvalue weighted by atomic mass is 127. The Morgan fingerprint density at radius 3 is 2.61 bits per heavy atom. The van der Waals surface area contributed by atoms with E-state index in [9.17, 15) is 0 Å². The fraction of sp³-hybridized carbons (Fsp3) is 0.941. The van der Waals surface area contributed by atoms with Crippen LogP contribution in [0.15, 0.2) is 4.99 Å². The second kappa shape index (κ2) is 10.0. The molecular weight excluding hydrogens is 403 g/mol. The lowest BCUT2D eigenvalue weighted by molar-refractivity contribution is 0.145. The van der Waals surface area contributed by atoms with E-state index in [2.05, 4.69) is 35.9 Å². The number of nitrogens with one attached hydrogen (secondary N) is 1. The lowest BCUT2D eigenvalue weighted by Gasteiger charge is -2.25. The van der Waals surface area contributed by atoms with Crippen LogP contribution in [-0.4, -0.2) is 74.8 Å².